The Kier molecular flexibility index (Phi) is 5.61. The molecule has 1 amide bonds. The number of phenolic OH excluding ortho intramolecular Hbond substituents is 1. The van der Waals surface area contributed by atoms with E-state index in [-0.39, 0.29) is 11.2 Å². The number of hydrogen-bond acceptors (Lipinski definition) is 5. The van der Waals surface area contributed by atoms with Crippen molar-refractivity contribution in [2.75, 3.05) is 36.8 Å². The fourth-order valence-electron chi connectivity index (χ4n) is 3.29. The van der Waals surface area contributed by atoms with Gasteiger partial charge in [0.2, 0.25) is 6.41 Å². The van der Waals surface area contributed by atoms with Crippen LogP contribution in [0.3, 0.4) is 0 Å². The number of benzene rings is 2. The average Bonchev–Trinajstić information content (AvgIpc) is 2.67. The number of aromatic amines is 1. The van der Waals surface area contributed by atoms with E-state index in [2.05, 4.69) is 34.4 Å². The molecule has 0 saturated carbocycles. The molecule has 3 aromatic rings. The molecule has 0 radical (unpaired) electrons. The summed E-state index contributed by atoms with van der Waals surface area (Å²) in [5, 5.41) is 16.6. The van der Waals surface area contributed by atoms with Gasteiger partial charge in [-0.25, -0.2) is 0 Å². The van der Waals surface area contributed by atoms with E-state index in [1.54, 1.807) is 18.2 Å². The number of H-pyrrole nitrogens is 1. The summed E-state index contributed by atoms with van der Waals surface area (Å²) in [5.74, 6) is 0.0329. The first-order valence-corrected chi connectivity index (χ1v) is 9.07. The van der Waals surface area contributed by atoms with Gasteiger partial charge in [0.15, 0.2) is 5.43 Å². The van der Waals surface area contributed by atoms with Crippen molar-refractivity contribution < 1.29 is 9.90 Å². The summed E-state index contributed by atoms with van der Waals surface area (Å²) in [6.07, 6.45) is 0.585. The lowest BCUT2D eigenvalue weighted by Gasteiger charge is -2.19. The quantitative estimate of drug-likeness (QED) is 0.362. The highest BCUT2D eigenvalue weighted by atomic mass is 16.3. The molecule has 2 aromatic carbocycles. The van der Waals surface area contributed by atoms with Crippen LogP contribution in [-0.4, -0.2) is 47.6 Å². The van der Waals surface area contributed by atoms with Crippen LogP contribution in [0.25, 0.3) is 21.8 Å². The molecule has 0 unspecified atom stereocenters. The number of aromatic hydroxyl groups is 1. The topological polar surface area (TPSA) is 97.5 Å². The molecule has 0 bridgehead atoms. The lowest BCUT2D eigenvalue weighted by Crippen LogP contribution is -2.28. The van der Waals surface area contributed by atoms with Crippen LogP contribution in [-0.2, 0) is 4.79 Å². The zero-order valence-corrected chi connectivity index (χ0v) is 15.5. The maximum Gasteiger partial charge on any atom is 0.211 e. The number of phenols is 1. The molecule has 0 spiro atoms. The van der Waals surface area contributed by atoms with Crippen LogP contribution in [0, 0.1) is 0 Å². The summed E-state index contributed by atoms with van der Waals surface area (Å²) in [6.45, 7) is 7.70. The van der Waals surface area contributed by atoms with Gasteiger partial charge in [-0.2, -0.15) is 0 Å². The van der Waals surface area contributed by atoms with Gasteiger partial charge in [-0.3, -0.25) is 9.59 Å². The number of carbonyl (C=O) groups is 1. The molecule has 0 saturated heterocycles. The number of pyridine rings is 1. The molecule has 1 aromatic heterocycles. The maximum atomic E-state index is 13.1. The van der Waals surface area contributed by atoms with E-state index >= 15 is 0 Å². The molecular weight excluding hydrogens is 344 g/mol. The lowest BCUT2D eigenvalue weighted by atomic mass is 10.1. The predicted molar refractivity (Wildman–Crippen MR) is 110 cm³/mol. The maximum absolute atomic E-state index is 13.1. The van der Waals surface area contributed by atoms with Gasteiger partial charge < -0.3 is 25.6 Å². The highest BCUT2D eigenvalue weighted by molar-refractivity contribution is 6.06. The van der Waals surface area contributed by atoms with Crippen molar-refractivity contribution in [3.8, 4) is 5.75 Å². The Bertz CT molecular complexity index is 1030. The zero-order chi connectivity index (χ0) is 19.4. The second-order valence-corrected chi connectivity index (χ2v) is 6.31. The van der Waals surface area contributed by atoms with Gasteiger partial charge >= 0.3 is 0 Å². The van der Waals surface area contributed by atoms with E-state index in [9.17, 15) is 14.7 Å². The average molecular weight is 368 g/mol. The Morgan fingerprint density at radius 1 is 1.15 bits per heavy atom. The molecule has 7 heteroatoms. The first-order chi connectivity index (χ1) is 13.1. The van der Waals surface area contributed by atoms with Crippen LogP contribution in [0.5, 0.6) is 5.75 Å². The van der Waals surface area contributed by atoms with Crippen LogP contribution in [0.1, 0.15) is 13.8 Å². The van der Waals surface area contributed by atoms with Gasteiger partial charge in [0.1, 0.15) is 5.75 Å². The molecule has 0 aliphatic carbocycles. The number of rotatable bonds is 8. The second kappa shape index (κ2) is 8.09. The van der Waals surface area contributed by atoms with Gasteiger partial charge in [-0.15, -0.1) is 0 Å². The summed E-state index contributed by atoms with van der Waals surface area (Å²) < 4.78 is 0. The first-order valence-electron chi connectivity index (χ1n) is 9.07. The molecule has 7 nitrogen and oxygen atoms in total. The third-order valence-electron chi connectivity index (χ3n) is 4.79. The minimum atomic E-state index is -0.200. The SMILES string of the molecule is CCN(CC)CCNc1ccc(NC=O)c2[nH]c3ccc(O)cc3c(=O)c12. The fourth-order valence-corrected chi connectivity index (χ4v) is 3.29. The molecule has 1 heterocycles. The van der Waals surface area contributed by atoms with E-state index < -0.39 is 0 Å². The van der Waals surface area contributed by atoms with Crippen LogP contribution < -0.4 is 16.1 Å². The molecule has 0 aliphatic rings. The molecule has 142 valence electrons. The number of carbonyl (C=O) groups excluding carboxylic acids is 1. The molecular formula is C20H24N4O3. The van der Waals surface area contributed by atoms with Crippen molar-refractivity contribution in [2.45, 2.75) is 13.8 Å². The number of hydrogen-bond donors (Lipinski definition) is 4. The van der Waals surface area contributed by atoms with Crippen LogP contribution >= 0.6 is 0 Å². The molecule has 0 aliphatic heterocycles. The Labute approximate surface area is 157 Å². The Balaban J connectivity index is 2.12. The van der Waals surface area contributed by atoms with Crippen molar-refractivity contribution in [3.05, 3.63) is 40.6 Å². The third kappa shape index (κ3) is 3.73. The van der Waals surface area contributed by atoms with E-state index in [1.807, 2.05) is 0 Å². The third-order valence-corrected chi connectivity index (χ3v) is 4.79. The largest absolute Gasteiger partial charge is 0.508 e. The molecule has 3 rings (SSSR count). The minimum absolute atomic E-state index is 0.0329. The summed E-state index contributed by atoms with van der Waals surface area (Å²) in [5.41, 5.74) is 2.17. The minimum Gasteiger partial charge on any atom is -0.508 e. The highest BCUT2D eigenvalue weighted by Gasteiger charge is 2.14. The summed E-state index contributed by atoms with van der Waals surface area (Å²) in [6, 6.07) is 8.17. The number of nitrogens with zero attached hydrogens (tertiary/aromatic N) is 1. The van der Waals surface area contributed by atoms with Gasteiger partial charge in [-0.05, 0) is 43.4 Å². The number of likely N-dealkylation sites (N-methyl/N-ethyl adjacent to an activating group) is 1. The van der Waals surface area contributed by atoms with Crippen molar-refractivity contribution in [2.24, 2.45) is 0 Å². The van der Waals surface area contributed by atoms with Crippen molar-refractivity contribution >= 4 is 39.6 Å². The number of fused-ring (bicyclic) bond motifs is 2. The zero-order valence-electron chi connectivity index (χ0n) is 15.5. The normalized spacial score (nSPS) is 11.2. The second-order valence-electron chi connectivity index (χ2n) is 6.31. The number of amides is 1. The van der Waals surface area contributed by atoms with Crippen LogP contribution in [0.2, 0.25) is 0 Å². The van der Waals surface area contributed by atoms with E-state index in [1.165, 1.54) is 12.1 Å². The van der Waals surface area contributed by atoms with Crippen molar-refractivity contribution in [1.29, 1.82) is 0 Å². The Hall–Kier alpha value is -3.06. The predicted octanol–water partition coefficient (Wildman–Crippen LogP) is 2.71. The smallest absolute Gasteiger partial charge is 0.211 e. The van der Waals surface area contributed by atoms with Crippen molar-refractivity contribution in [3.63, 3.8) is 0 Å². The Morgan fingerprint density at radius 3 is 2.59 bits per heavy atom. The molecule has 0 fully saturated rings. The van der Waals surface area contributed by atoms with Gasteiger partial charge in [0.25, 0.3) is 0 Å². The standard InChI is InChI=1S/C20H24N4O3/c1-3-24(4-2)10-9-21-16-7-8-17(22-12-25)19-18(16)20(27)14-11-13(26)5-6-15(14)23-19/h5-8,11-12,21,26H,3-4,9-10H2,1-2H3,(H,22,25)(H,23,27). The molecule has 0 atom stereocenters. The monoisotopic (exact) mass is 368 g/mol. The summed E-state index contributed by atoms with van der Waals surface area (Å²) in [7, 11) is 0. The fraction of sp³-hybridized carbons (Fsp3) is 0.300. The number of nitrogens with one attached hydrogen (secondary N) is 3. The van der Waals surface area contributed by atoms with Gasteiger partial charge in [0.05, 0.1) is 22.1 Å². The highest BCUT2D eigenvalue weighted by Crippen LogP contribution is 2.29. The first kappa shape index (κ1) is 18.7. The van der Waals surface area contributed by atoms with Crippen LogP contribution in [0.4, 0.5) is 11.4 Å². The number of aromatic nitrogens is 1. The Morgan fingerprint density at radius 2 is 1.89 bits per heavy atom. The van der Waals surface area contributed by atoms with E-state index in [4.69, 9.17) is 0 Å². The molecule has 4 N–H and O–H groups in total. The van der Waals surface area contributed by atoms with E-state index in [0.29, 0.717) is 46.1 Å². The number of anilines is 2. The molecule has 27 heavy (non-hydrogen) atoms. The van der Waals surface area contributed by atoms with Crippen molar-refractivity contribution in [1.82, 2.24) is 9.88 Å². The summed E-state index contributed by atoms with van der Waals surface area (Å²) >= 11 is 0. The lowest BCUT2D eigenvalue weighted by molar-refractivity contribution is -0.105. The summed E-state index contributed by atoms with van der Waals surface area (Å²) in [4.78, 5) is 29.6. The van der Waals surface area contributed by atoms with Gasteiger partial charge in [0, 0.05) is 24.2 Å². The van der Waals surface area contributed by atoms with Crippen LogP contribution in [0.15, 0.2) is 35.1 Å². The van der Waals surface area contributed by atoms with E-state index in [0.717, 1.165) is 19.6 Å². The van der Waals surface area contributed by atoms with Gasteiger partial charge in [-0.1, -0.05) is 13.8 Å².